The highest BCUT2D eigenvalue weighted by atomic mass is 16.1. The summed E-state index contributed by atoms with van der Waals surface area (Å²) < 4.78 is 0. The van der Waals surface area contributed by atoms with Gasteiger partial charge < -0.3 is 15.5 Å². The van der Waals surface area contributed by atoms with Gasteiger partial charge in [0, 0.05) is 42.9 Å². The number of aryl methyl sites for hydroxylation is 1. The number of benzene rings is 1. The van der Waals surface area contributed by atoms with Crippen LogP contribution in [0.2, 0.25) is 0 Å². The van der Waals surface area contributed by atoms with Crippen molar-refractivity contribution in [1.82, 2.24) is 4.98 Å². The smallest absolute Gasteiger partial charge is 0.220 e. The summed E-state index contributed by atoms with van der Waals surface area (Å²) >= 11 is 0. The van der Waals surface area contributed by atoms with Crippen molar-refractivity contribution in [2.75, 3.05) is 36.0 Å². The quantitative estimate of drug-likeness (QED) is 0.935. The fourth-order valence-electron chi connectivity index (χ4n) is 4.28. The Morgan fingerprint density at radius 1 is 1.12 bits per heavy atom. The molecule has 0 bridgehead atoms. The van der Waals surface area contributed by atoms with Crippen molar-refractivity contribution in [1.29, 1.82) is 0 Å². The zero-order valence-corrected chi connectivity index (χ0v) is 14.9. The molecule has 2 aromatic rings. The Hall–Kier alpha value is -2.30. The maximum absolute atomic E-state index is 11.4. The number of aromatic nitrogens is 1. The first-order valence-electron chi connectivity index (χ1n) is 9.32. The third-order valence-electron chi connectivity index (χ3n) is 5.72. The van der Waals surface area contributed by atoms with E-state index in [-0.39, 0.29) is 11.8 Å². The predicted molar refractivity (Wildman–Crippen MR) is 102 cm³/mol. The van der Waals surface area contributed by atoms with Crippen LogP contribution in [-0.2, 0) is 4.79 Å². The van der Waals surface area contributed by atoms with Gasteiger partial charge in [-0.3, -0.25) is 4.79 Å². The first kappa shape index (κ1) is 16.2. The zero-order valence-electron chi connectivity index (χ0n) is 14.9. The second-order valence-corrected chi connectivity index (χ2v) is 7.32. The molecular weight excluding hydrogens is 312 g/mol. The van der Waals surface area contributed by atoms with Crippen LogP contribution in [0, 0.1) is 12.8 Å². The summed E-state index contributed by atoms with van der Waals surface area (Å²) in [6.07, 6.45) is 6.21. The predicted octanol–water partition coefficient (Wildman–Crippen LogP) is 2.85. The lowest BCUT2D eigenvalue weighted by atomic mass is 9.95. The van der Waals surface area contributed by atoms with E-state index in [9.17, 15) is 4.79 Å². The molecule has 4 rings (SSSR count). The number of hydrogen-bond donors (Lipinski definition) is 1. The van der Waals surface area contributed by atoms with Crippen LogP contribution >= 0.6 is 0 Å². The summed E-state index contributed by atoms with van der Waals surface area (Å²) in [5, 5.41) is 2.55. The molecule has 5 nitrogen and oxygen atoms in total. The molecule has 0 radical (unpaired) electrons. The lowest BCUT2D eigenvalue weighted by molar-refractivity contribution is -0.122. The molecule has 2 saturated heterocycles. The summed E-state index contributed by atoms with van der Waals surface area (Å²) in [7, 11) is 0. The van der Waals surface area contributed by atoms with Crippen molar-refractivity contribution in [3.05, 3.63) is 30.0 Å². The van der Waals surface area contributed by atoms with Gasteiger partial charge >= 0.3 is 0 Å². The van der Waals surface area contributed by atoms with Crippen LogP contribution in [-0.4, -0.2) is 37.1 Å². The minimum absolute atomic E-state index is 0.00752. The van der Waals surface area contributed by atoms with Crippen LogP contribution in [0.1, 0.15) is 31.2 Å². The van der Waals surface area contributed by atoms with Crippen LogP contribution in [0.3, 0.4) is 0 Å². The van der Waals surface area contributed by atoms with Gasteiger partial charge in [-0.2, -0.15) is 0 Å². The molecule has 0 saturated carbocycles. The largest absolute Gasteiger partial charge is 0.370 e. The van der Waals surface area contributed by atoms with E-state index in [4.69, 9.17) is 10.7 Å². The van der Waals surface area contributed by atoms with Gasteiger partial charge in [0.25, 0.3) is 0 Å². The molecule has 0 atom stereocenters. The third kappa shape index (κ3) is 2.92. The number of piperidine rings is 1. The molecular formula is C20H26N4O. The minimum atomic E-state index is -0.169. The third-order valence-corrected chi connectivity index (χ3v) is 5.72. The number of nitrogens with zero attached hydrogens (tertiary/aromatic N) is 3. The van der Waals surface area contributed by atoms with Gasteiger partial charge in [0.2, 0.25) is 5.91 Å². The van der Waals surface area contributed by atoms with Gasteiger partial charge in [0.05, 0.1) is 11.9 Å². The summed E-state index contributed by atoms with van der Waals surface area (Å²) in [4.78, 5) is 21.1. The molecule has 2 fully saturated rings. The number of nitrogens with two attached hydrogens (primary N) is 1. The molecule has 1 aromatic heterocycles. The number of pyridine rings is 1. The number of primary amides is 1. The Kier molecular flexibility index (Phi) is 4.24. The monoisotopic (exact) mass is 338 g/mol. The molecule has 2 N–H and O–H groups in total. The molecule has 1 amide bonds. The number of carbonyl (C=O) groups is 1. The van der Waals surface area contributed by atoms with Gasteiger partial charge in [-0.25, -0.2) is 4.98 Å². The highest BCUT2D eigenvalue weighted by Crippen LogP contribution is 2.36. The highest BCUT2D eigenvalue weighted by Gasteiger charge is 2.26. The fourth-order valence-corrected chi connectivity index (χ4v) is 4.28. The Morgan fingerprint density at radius 3 is 2.52 bits per heavy atom. The van der Waals surface area contributed by atoms with Crippen LogP contribution < -0.4 is 15.5 Å². The minimum Gasteiger partial charge on any atom is -0.370 e. The van der Waals surface area contributed by atoms with E-state index in [1.54, 1.807) is 0 Å². The maximum Gasteiger partial charge on any atom is 0.220 e. The molecule has 0 spiro atoms. The highest BCUT2D eigenvalue weighted by molar-refractivity contribution is 6.02. The van der Waals surface area contributed by atoms with Crippen LogP contribution in [0.25, 0.3) is 10.8 Å². The average molecular weight is 338 g/mol. The number of fused-ring (bicyclic) bond motifs is 1. The van der Waals surface area contributed by atoms with Crippen molar-refractivity contribution in [3.8, 4) is 0 Å². The molecule has 25 heavy (non-hydrogen) atoms. The van der Waals surface area contributed by atoms with Gasteiger partial charge in [0.15, 0.2) is 0 Å². The Bertz CT molecular complexity index is 790. The van der Waals surface area contributed by atoms with Crippen LogP contribution in [0.5, 0.6) is 0 Å². The molecule has 1 aromatic carbocycles. The van der Waals surface area contributed by atoms with Crippen molar-refractivity contribution >= 4 is 28.2 Å². The molecule has 3 heterocycles. The van der Waals surface area contributed by atoms with Crippen molar-refractivity contribution in [2.24, 2.45) is 11.7 Å². The van der Waals surface area contributed by atoms with Crippen LogP contribution in [0.4, 0.5) is 11.5 Å². The Morgan fingerprint density at radius 2 is 1.84 bits per heavy atom. The van der Waals surface area contributed by atoms with E-state index >= 15 is 0 Å². The van der Waals surface area contributed by atoms with Crippen molar-refractivity contribution in [3.63, 3.8) is 0 Å². The molecule has 5 heteroatoms. The lowest BCUT2D eigenvalue weighted by Gasteiger charge is -2.33. The number of hydrogen-bond acceptors (Lipinski definition) is 4. The van der Waals surface area contributed by atoms with Gasteiger partial charge in [-0.15, -0.1) is 0 Å². The first-order chi connectivity index (χ1) is 12.1. The zero-order chi connectivity index (χ0) is 17.4. The number of amides is 1. The Balaban J connectivity index is 1.72. The van der Waals surface area contributed by atoms with E-state index < -0.39 is 0 Å². The van der Waals surface area contributed by atoms with Gasteiger partial charge in [0.1, 0.15) is 5.82 Å². The average Bonchev–Trinajstić information content (AvgIpc) is 3.16. The lowest BCUT2D eigenvalue weighted by Crippen LogP contribution is -2.39. The fraction of sp³-hybridized carbons (Fsp3) is 0.500. The van der Waals surface area contributed by atoms with E-state index in [1.807, 2.05) is 0 Å². The topological polar surface area (TPSA) is 62.5 Å². The molecule has 132 valence electrons. The van der Waals surface area contributed by atoms with E-state index in [0.717, 1.165) is 44.8 Å². The summed E-state index contributed by atoms with van der Waals surface area (Å²) in [5.74, 6) is 0.885. The second kappa shape index (κ2) is 6.54. The van der Waals surface area contributed by atoms with Gasteiger partial charge in [-0.05, 0) is 38.2 Å². The molecule has 2 aliphatic rings. The molecule has 0 aliphatic carbocycles. The van der Waals surface area contributed by atoms with Crippen LogP contribution in [0.15, 0.2) is 24.4 Å². The Labute approximate surface area is 148 Å². The van der Waals surface area contributed by atoms with Crippen molar-refractivity contribution in [2.45, 2.75) is 32.6 Å². The summed E-state index contributed by atoms with van der Waals surface area (Å²) in [5.41, 5.74) is 8.04. The second-order valence-electron chi connectivity index (χ2n) is 7.32. The van der Waals surface area contributed by atoms with E-state index in [1.165, 1.54) is 34.9 Å². The first-order valence-corrected chi connectivity index (χ1v) is 9.32. The number of carbonyl (C=O) groups excluding carboxylic acids is 1. The summed E-state index contributed by atoms with van der Waals surface area (Å²) in [6.45, 7) is 6.10. The number of rotatable bonds is 3. The number of anilines is 2. The molecule has 0 unspecified atom stereocenters. The SMILES string of the molecule is Cc1cccc2c(N3CCC(C(N)=O)CC3)ncc(N3CCCC3)c12. The maximum atomic E-state index is 11.4. The van der Waals surface area contributed by atoms with E-state index in [0.29, 0.717) is 0 Å². The standard InChI is InChI=1S/C20H26N4O/c1-14-5-4-6-16-18(14)17(23-9-2-3-10-23)13-22-20(16)24-11-7-15(8-12-24)19(21)25/h4-6,13,15H,2-3,7-12H2,1H3,(H2,21,25). The van der Waals surface area contributed by atoms with E-state index in [2.05, 4.69) is 41.1 Å². The molecule has 2 aliphatic heterocycles. The normalized spacial score (nSPS) is 18.9. The summed E-state index contributed by atoms with van der Waals surface area (Å²) in [6, 6.07) is 6.49. The van der Waals surface area contributed by atoms with Crippen molar-refractivity contribution < 1.29 is 4.79 Å². The van der Waals surface area contributed by atoms with Gasteiger partial charge in [-0.1, -0.05) is 18.2 Å².